The number of para-hydroxylation sites is 1. The molecule has 0 fully saturated rings. The molecule has 0 aliphatic heterocycles. The van der Waals surface area contributed by atoms with Crippen LogP contribution in [0, 0.1) is 10.1 Å². The Hall–Kier alpha value is -3.69. The summed E-state index contributed by atoms with van der Waals surface area (Å²) in [7, 11) is 0. The topological polar surface area (TPSA) is 107 Å². The highest BCUT2D eigenvalue weighted by atomic mass is 35.5. The third-order valence-electron chi connectivity index (χ3n) is 5.08. The minimum Gasteiger partial charge on any atom is -0.324 e. The number of nitro benzene ring substituents is 1. The molecule has 172 valence electrons. The standard InChI is InChI=1S/C24H19ClN4O4S/c1-15(22(30)26-21-13-17(29(32)33)11-12-19(21)25)34-24-27-20-10-6-5-9-18(20)23(31)28(24)14-16-7-3-2-4-8-16/h2-13,15H,14H2,1H3,(H,26,30). The van der Waals surface area contributed by atoms with Gasteiger partial charge < -0.3 is 5.32 Å². The van der Waals surface area contributed by atoms with E-state index in [1.54, 1.807) is 35.8 Å². The van der Waals surface area contributed by atoms with Gasteiger partial charge in [0, 0.05) is 12.1 Å². The van der Waals surface area contributed by atoms with Gasteiger partial charge in [0.15, 0.2) is 5.16 Å². The molecule has 0 aliphatic rings. The zero-order valence-corrected chi connectivity index (χ0v) is 19.5. The maximum Gasteiger partial charge on any atom is 0.271 e. The highest BCUT2D eigenvalue weighted by Gasteiger charge is 2.21. The molecule has 1 aromatic heterocycles. The predicted octanol–water partition coefficient (Wildman–Crippen LogP) is 5.13. The van der Waals surface area contributed by atoms with E-state index in [0.29, 0.717) is 22.6 Å². The first-order chi connectivity index (χ1) is 16.3. The van der Waals surface area contributed by atoms with E-state index in [2.05, 4.69) is 10.3 Å². The molecular formula is C24H19ClN4O4S. The molecular weight excluding hydrogens is 476 g/mol. The number of anilines is 1. The Morgan fingerprint density at radius 1 is 1.15 bits per heavy atom. The number of rotatable bonds is 7. The molecule has 1 heterocycles. The molecule has 0 saturated carbocycles. The fourth-order valence-corrected chi connectivity index (χ4v) is 4.38. The van der Waals surface area contributed by atoms with Gasteiger partial charge in [-0.2, -0.15) is 0 Å². The van der Waals surface area contributed by atoms with Crippen LogP contribution in [0.25, 0.3) is 10.9 Å². The van der Waals surface area contributed by atoms with Crippen LogP contribution in [0.3, 0.4) is 0 Å². The number of carbonyl (C=O) groups excluding carboxylic acids is 1. The molecule has 0 radical (unpaired) electrons. The van der Waals surface area contributed by atoms with Crippen LogP contribution in [-0.4, -0.2) is 25.6 Å². The van der Waals surface area contributed by atoms with E-state index in [9.17, 15) is 19.7 Å². The largest absolute Gasteiger partial charge is 0.324 e. The summed E-state index contributed by atoms with van der Waals surface area (Å²) in [5, 5.41) is 14.1. The minimum absolute atomic E-state index is 0.140. The van der Waals surface area contributed by atoms with Crippen LogP contribution in [0.5, 0.6) is 0 Å². The molecule has 0 spiro atoms. The van der Waals surface area contributed by atoms with Crippen molar-refractivity contribution in [3.05, 3.63) is 104 Å². The van der Waals surface area contributed by atoms with Gasteiger partial charge in [-0.05, 0) is 30.7 Å². The number of thioether (sulfide) groups is 1. The van der Waals surface area contributed by atoms with Crippen molar-refractivity contribution in [2.45, 2.75) is 23.9 Å². The second-order valence-corrected chi connectivity index (χ2v) is 9.17. The molecule has 0 bridgehead atoms. The molecule has 3 aromatic carbocycles. The summed E-state index contributed by atoms with van der Waals surface area (Å²) in [4.78, 5) is 41.3. The number of benzene rings is 3. The number of amides is 1. The first-order valence-electron chi connectivity index (χ1n) is 10.3. The van der Waals surface area contributed by atoms with E-state index in [1.165, 1.54) is 18.2 Å². The summed E-state index contributed by atoms with van der Waals surface area (Å²) in [6.07, 6.45) is 0. The number of fused-ring (bicyclic) bond motifs is 1. The van der Waals surface area contributed by atoms with Gasteiger partial charge in [0.2, 0.25) is 5.91 Å². The third-order valence-corrected chi connectivity index (χ3v) is 6.50. The van der Waals surface area contributed by atoms with Gasteiger partial charge in [0.1, 0.15) is 0 Å². The van der Waals surface area contributed by atoms with E-state index >= 15 is 0 Å². The fourth-order valence-electron chi connectivity index (χ4n) is 3.31. The summed E-state index contributed by atoms with van der Waals surface area (Å²) in [5.41, 5.74) is 1.21. The average Bonchev–Trinajstić information content (AvgIpc) is 2.83. The monoisotopic (exact) mass is 494 g/mol. The molecule has 34 heavy (non-hydrogen) atoms. The molecule has 1 amide bonds. The van der Waals surface area contributed by atoms with Gasteiger partial charge in [-0.3, -0.25) is 24.3 Å². The lowest BCUT2D eigenvalue weighted by Gasteiger charge is -2.17. The average molecular weight is 495 g/mol. The molecule has 10 heteroatoms. The number of hydrogen-bond donors (Lipinski definition) is 1. The Balaban J connectivity index is 1.65. The smallest absolute Gasteiger partial charge is 0.271 e. The van der Waals surface area contributed by atoms with E-state index in [1.807, 2.05) is 30.3 Å². The van der Waals surface area contributed by atoms with E-state index in [-0.39, 0.29) is 22.0 Å². The van der Waals surface area contributed by atoms with Gasteiger partial charge in [-0.15, -0.1) is 0 Å². The molecule has 0 aliphatic carbocycles. The molecule has 8 nitrogen and oxygen atoms in total. The predicted molar refractivity (Wildman–Crippen MR) is 134 cm³/mol. The van der Waals surface area contributed by atoms with Crippen molar-refractivity contribution in [3.63, 3.8) is 0 Å². The van der Waals surface area contributed by atoms with Crippen LogP contribution in [-0.2, 0) is 11.3 Å². The Kier molecular flexibility index (Phi) is 6.95. The van der Waals surface area contributed by atoms with Crippen LogP contribution in [0.15, 0.2) is 82.7 Å². The number of aromatic nitrogens is 2. The Bertz CT molecular complexity index is 1440. The van der Waals surface area contributed by atoms with Gasteiger partial charge in [0.25, 0.3) is 11.2 Å². The normalized spacial score (nSPS) is 11.8. The fraction of sp³-hybridized carbons (Fsp3) is 0.125. The van der Waals surface area contributed by atoms with Crippen LogP contribution >= 0.6 is 23.4 Å². The van der Waals surface area contributed by atoms with E-state index < -0.39 is 16.1 Å². The van der Waals surface area contributed by atoms with Gasteiger partial charge in [0.05, 0.1) is 38.3 Å². The van der Waals surface area contributed by atoms with Crippen LogP contribution < -0.4 is 10.9 Å². The lowest BCUT2D eigenvalue weighted by molar-refractivity contribution is -0.384. The lowest BCUT2D eigenvalue weighted by atomic mass is 10.2. The number of carbonyl (C=O) groups is 1. The minimum atomic E-state index is -0.676. The molecule has 1 N–H and O–H groups in total. The van der Waals surface area contributed by atoms with Gasteiger partial charge in [-0.25, -0.2) is 4.98 Å². The van der Waals surface area contributed by atoms with Crippen molar-refractivity contribution in [1.82, 2.24) is 9.55 Å². The number of non-ortho nitro benzene ring substituents is 1. The Morgan fingerprint density at radius 3 is 2.59 bits per heavy atom. The Labute approximate surface area is 203 Å². The van der Waals surface area contributed by atoms with Gasteiger partial charge in [-0.1, -0.05) is 65.8 Å². The van der Waals surface area contributed by atoms with Crippen molar-refractivity contribution >= 4 is 51.5 Å². The van der Waals surface area contributed by atoms with Crippen molar-refractivity contribution in [2.24, 2.45) is 0 Å². The second-order valence-electron chi connectivity index (χ2n) is 7.46. The molecule has 1 unspecified atom stereocenters. The second kappa shape index (κ2) is 10.1. The van der Waals surface area contributed by atoms with E-state index in [0.717, 1.165) is 17.3 Å². The quantitative estimate of drug-likeness (QED) is 0.165. The number of nitrogens with zero attached hydrogens (tertiary/aromatic N) is 3. The van der Waals surface area contributed by atoms with Crippen LogP contribution in [0.2, 0.25) is 5.02 Å². The number of nitrogens with one attached hydrogen (secondary N) is 1. The maximum atomic E-state index is 13.3. The lowest BCUT2D eigenvalue weighted by Crippen LogP contribution is -2.27. The summed E-state index contributed by atoms with van der Waals surface area (Å²) < 4.78 is 1.55. The number of hydrogen-bond acceptors (Lipinski definition) is 6. The summed E-state index contributed by atoms with van der Waals surface area (Å²) in [6.45, 7) is 1.96. The van der Waals surface area contributed by atoms with Crippen molar-refractivity contribution in [2.75, 3.05) is 5.32 Å². The highest BCUT2D eigenvalue weighted by Crippen LogP contribution is 2.29. The van der Waals surface area contributed by atoms with Crippen LogP contribution in [0.4, 0.5) is 11.4 Å². The molecule has 1 atom stereocenters. The zero-order chi connectivity index (χ0) is 24.2. The summed E-state index contributed by atoms with van der Waals surface area (Å²) >= 11 is 7.23. The van der Waals surface area contributed by atoms with Crippen molar-refractivity contribution in [3.8, 4) is 0 Å². The summed E-state index contributed by atoms with van der Waals surface area (Å²) in [6, 6.07) is 20.4. The van der Waals surface area contributed by atoms with Gasteiger partial charge >= 0.3 is 0 Å². The first kappa shape index (κ1) is 23.5. The van der Waals surface area contributed by atoms with Crippen LogP contribution in [0.1, 0.15) is 12.5 Å². The Morgan fingerprint density at radius 2 is 1.85 bits per heavy atom. The number of halogens is 1. The van der Waals surface area contributed by atoms with Crippen molar-refractivity contribution in [1.29, 1.82) is 0 Å². The zero-order valence-electron chi connectivity index (χ0n) is 18.0. The summed E-state index contributed by atoms with van der Waals surface area (Å²) in [5.74, 6) is -0.430. The van der Waals surface area contributed by atoms with Crippen molar-refractivity contribution < 1.29 is 9.72 Å². The molecule has 0 saturated heterocycles. The highest BCUT2D eigenvalue weighted by molar-refractivity contribution is 8.00. The third kappa shape index (κ3) is 5.11. The maximum absolute atomic E-state index is 13.3. The SMILES string of the molecule is CC(Sc1nc2ccccc2c(=O)n1Cc1ccccc1)C(=O)Nc1cc([N+](=O)[O-])ccc1Cl. The van der Waals surface area contributed by atoms with E-state index in [4.69, 9.17) is 11.6 Å². The number of nitro groups is 1. The first-order valence-corrected chi connectivity index (χ1v) is 11.5. The molecule has 4 rings (SSSR count). The molecule has 4 aromatic rings.